The summed E-state index contributed by atoms with van der Waals surface area (Å²) in [6.07, 6.45) is 7.34. The Morgan fingerprint density at radius 2 is 2.33 bits per heavy atom. The molecule has 72 valence electrons. The van der Waals surface area contributed by atoms with Crippen molar-refractivity contribution in [2.45, 2.75) is 57.7 Å². The monoisotopic (exact) mass is 172 g/mol. The summed E-state index contributed by atoms with van der Waals surface area (Å²) in [6, 6.07) is 0. The summed E-state index contributed by atoms with van der Waals surface area (Å²) in [7, 11) is 0. The van der Waals surface area contributed by atoms with Gasteiger partial charge >= 0.3 is 0 Å². The first-order valence-electron chi connectivity index (χ1n) is 5.08. The van der Waals surface area contributed by atoms with E-state index in [1.165, 1.54) is 25.7 Å². The Bertz CT molecular complexity index is 106. The number of rotatable bonds is 5. The lowest BCUT2D eigenvalue weighted by molar-refractivity contribution is 0.0999. The number of aliphatic hydroxyl groups is 1. The second kappa shape index (κ2) is 5.55. The molecule has 1 heterocycles. The third kappa shape index (κ3) is 4.07. The molecule has 0 aromatic heterocycles. The normalized spacial score (nSPS) is 26.0. The zero-order chi connectivity index (χ0) is 8.81. The number of unbranched alkanes of at least 4 members (excludes halogenated alkanes) is 1. The van der Waals surface area contributed by atoms with Crippen LogP contribution in [0.5, 0.6) is 0 Å². The van der Waals surface area contributed by atoms with Crippen molar-refractivity contribution in [1.82, 2.24) is 0 Å². The number of ether oxygens (including phenoxy) is 1. The number of hydrogen-bond donors (Lipinski definition) is 1. The van der Waals surface area contributed by atoms with E-state index in [4.69, 9.17) is 9.84 Å². The van der Waals surface area contributed by atoms with Crippen LogP contribution >= 0.6 is 0 Å². The van der Waals surface area contributed by atoms with Crippen LogP contribution in [0.4, 0.5) is 0 Å². The lowest BCUT2D eigenvalue weighted by Gasteiger charge is -2.08. The minimum atomic E-state index is -0.130. The van der Waals surface area contributed by atoms with Crippen LogP contribution < -0.4 is 0 Å². The topological polar surface area (TPSA) is 29.5 Å². The maximum absolute atomic E-state index is 9.01. The Morgan fingerprint density at radius 3 is 2.92 bits per heavy atom. The molecule has 1 aliphatic rings. The van der Waals surface area contributed by atoms with E-state index < -0.39 is 0 Å². The average Bonchev–Trinajstić information content (AvgIpc) is 2.49. The lowest BCUT2D eigenvalue weighted by Crippen LogP contribution is -2.05. The molecule has 2 unspecified atom stereocenters. The molecule has 2 atom stereocenters. The van der Waals surface area contributed by atoms with Gasteiger partial charge in [0.05, 0.1) is 12.2 Å². The summed E-state index contributed by atoms with van der Waals surface area (Å²) < 4.78 is 5.50. The summed E-state index contributed by atoms with van der Waals surface area (Å²) in [4.78, 5) is 0. The standard InChI is InChI=1S/C10H20O2/c1-9(11)5-2-3-6-10-7-4-8-12-10/h9-11H,2-8H2,1H3. The second-order valence-corrected chi connectivity index (χ2v) is 3.77. The summed E-state index contributed by atoms with van der Waals surface area (Å²) in [5, 5.41) is 9.01. The van der Waals surface area contributed by atoms with Crippen molar-refractivity contribution in [2.75, 3.05) is 6.61 Å². The summed E-state index contributed by atoms with van der Waals surface area (Å²) in [6.45, 7) is 2.81. The smallest absolute Gasteiger partial charge is 0.0576 e. The van der Waals surface area contributed by atoms with Crippen molar-refractivity contribution >= 4 is 0 Å². The first-order valence-corrected chi connectivity index (χ1v) is 5.08. The van der Waals surface area contributed by atoms with E-state index >= 15 is 0 Å². The van der Waals surface area contributed by atoms with E-state index in [1.807, 2.05) is 6.92 Å². The molecule has 1 rings (SSSR count). The molecule has 12 heavy (non-hydrogen) atoms. The van der Waals surface area contributed by atoms with Gasteiger partial charge in [0.2, 0.25) is 0 Å². The molecule has 0 radical (unpaired) electrons. The Hall–Kier alpha value is -0.0800. The van der Waals surface area contributed by atoms with Crippen LogP contribution in [0.15, 0.2) is 0 Å². The van der Waals surface area contributed by atoms with Gasteiger partial charge in [0.1, 0.15) is 0 Å². The maximum Gasteiger partial charge on any atom is 0.0576 e. The molecule has 0 amide bonds. The largest absolute Gasteiger partial charge is 0.393 e. The molecular formula is C10H20O2. The van der Waals surface area contributed by atoms with Gasteiger partial charge in [0.15, 0.2) is 0 Å². The number of aliphatic hydroxyl groups excluding tert-OH is 1. The molecular weight excluding hydrogens is 152 g/mol. The average molecular weight is 172 g/mol. The Labute approximate surface area is 74.9 Å². The van der Waals surface area contributed by atoms with Gasteiger partial charge in [0.25, 0.3) is 0 Å². The van der Waals surface area contributed by atoms with Crippen LogP contribution in [-0.2, 0) is 4.74 Å². The zero-order valence-corrected chi connectivity index (χ0v) is 7.96. The molecule has 0 aliphatic carbocycles. The first-order chi connectivity index (χ1) is 5.79. The van der Waals surface area contributed by atoms with E-state index in [0.717, 1.165) is 19.4 Å². The zero-order valence-electron chi connectivity index (χ0n) is 7.96. The fraction of sp³-hybridized carbons (Fsp3) is 1.00. The predicted molar refractivity (Wildman–Crippen MR) is 49.1 cm³/mol. The molecule has 1 fully saturated rings. The Balaban J connectivity index is 1.88. The van der Waals surface area contributed by atoms with Gasteiger partial charge in [-0.3, -0.25) is 0 Å². The third-order valence-electron chi connectivity index (χ3n) is 2.42. The lowest BCUT2D eigenvalue weighted by atomic mass is 10.1. The van der Waals surface area contributed by atoms with E-state index in [1.54, 1.807) is 0 Å². The molecule has 0 bridgehead atoms. The maximum atomic E-state index is 9.01. The van der Waals surface area contributed by atoms with Crippen molar-refractivity contribution in [1.29, 1.82) is 0 Å². The van der Waals surface area contributed by atoms with Gasteiger partial charge < -0.3 is 9.84 Å². The van der Waals surface area contributed by atoms with Gasteiger partial charge in [-0.25, -0.2) is 0 Å². The fourth-order valence-electron chi connectivity index (χ4n) is 1.68. The summed E-state index contributed by atoms with van der Waals surface area (Å²) in [5.74, 6) is 0. The molecule has 1 saturated heterocycles. The first kappa shape index (κ1) is 10.0. The van der Waals surface area contributed by atoms with Crippen LogP contribution in [0.3, 0.4) is 0 Å². The van der Waals surface area contributed by atoms with Gasteiger partial charge in [-0.1, -0.05) is 12.8 Å². The SMILES string of the molecule is CC(O)CCCCC1CCCO1. The summed E-state index contributed by atoms with van der Waals surface area (Å²) >= 11 is 0. The van der Waals surface area contributed by atoms with Crippen LogP contribution in [0.25, 0.3) is 0 Å². The van der Waals surface area contributed by atoms with E-state index in [-0.39, 0.29) is 6.10 Å². The Morgan fingerprint density at radius 1 is 1.50 bits per heavy atom. The molecule has 1 aliphatic heterocycles. The van der Waals surface area contributed by atoms with Crippen molar-refractivity contribution in [3.63, 3.8) is 0 Å². The molecule has 0 aromatic carbocycles. The minimum Gasteiger partial charge on any atom is -0.393 e. The molecule has 1 N–H and O–H groups in total. The molecule has 0 saturated carbocycles. The Kier molecular flexibility index (Phi) is 4.62. The quantitative estimate of drug-likeness (QED) is 0.643. The fourth-order valence-corrected chi connectivity index (χ4v) is 1.68. The molecule has 2 nitrogen and oxygen atoms in total. The van der Waals surface area contributed by atoms with Gasteiger partial charge in [0, 0.05) is 6.61 Å². The van der Waals surface area contributed by atoms with E-state index in [2.05, 4.69) is 0 Å². The molecule has 2 heteroatoms. The van der Waals surface area contributed by atoms with Gasteiger partial charge in [-0.05, 0) is 32.6 Å². The molecule has 0 aromatic rings. The highest BCUT2D eigenvalue weighted by molar-refractivity contribution is 4.64. The third-order valence-corrected chi connectivity index (χ3v) is 2.42. The second-order valence-electron chi connectivity index (χ2n) is 3.77. The van der Waals surface area contributed by atoms with E-state index in [9.17, 15) is 0 Å². The highest BCUT2D eigenvalue weighted by Gasteiger charge is 2.14. The number of hydrogen-bond acceptors (Lipinski definition) is 2. The van der Waals surface area contributed by atoms with Crippen molar-refractivity contribution < 1.29 is 9.84 Å². The summed E-state index contributed by atoms with van der Waals surface area (Å²) in [5.41, 5.74) is 0. The van der Waals surface area contributed by atoms with Gasteiger partial charge in [-0.2, -0.15) is 0 Å². The van der Waals surface area contributed by atoms with Crippen LogP contribution in [0.2, 0.25) is 0 Å². The van der Waals surface area contributed by atoms with Crippen molar-refractivity contribution in [3.8, 4) is 0 Å². The molecule has 0 spiro atoms. The van der Waals surface area contributed by atoms with Crippen LogP contribution in [0.1, 0.15) is 45.4 Å². The van der Waals surface area contributed by atoms with Crippen LogP contribution in [0, 0.1) is 0 Å². The predicted octanol–water partition coefficient (Wildman–Crippen LogP) is 2.11. The highest BCUT2D eigenvalue weighted by atomic mass is 16.5. The minimum absolute atomic E-state index is 0.130. The van der Waals surface area contributed by atoms with Crippen molar-refractivity contribution in [3.05, 3.63) is 0 Å². The van der Waals surface area contributed by atoms with E-state index in [0.29, 0.717) is 6.10 Å². The highest BCUT2D eigenvalue weighted by Crippen LogP contribution is 2.18. The van der Waals surface area contributed by atoms with Gasteiger partial charge in [-0.15, -0.1) is 0 Å². The van der Waals surface area contributed by atoms with Crippen LogP contribution in [-0.4, -0.2) is 23.9 Å². The van der Waals surface area contributed by atoms with Crippen molar-refractivity contribution in [2.24, 2.45) is 0 Å².